The molecule has 2 N–H and O–H groups in total. The lowest BCUT2D eigenvalue weighted by Gasteiger charge is -2.27. The lowest BCUT2D eigenvalue weighted by Crippen LogP contribution is -2.37. The lowest BCUT2D eigenvalue weighted by atomic mass is 9.87. The maximum Gasteiger partial charge on any atom is 0.330 e. The molecule has 4 nitrogen and oxygen atoms in total. The van der Waals surface area contributed by atoms with E-state index >= 15 is 0 Å². The molecule has 0 saturated heterocycles. The first-order valence-corrected chi connectivity index (χ1v) is 10.1. The monoisotopic (exact) mass is 435 g/mol. The number of halogens is 2. The van der Waals surface area contributed by atoms with Crippen molar-refractivity contribution in [2.45, 2.75) is 38.3 Å². The number of aliphatic hydroxyl groups is 1. The number of aryl methyl sites for hydroxylation is 1. The van der Waals surface area contributed by atoms with Gasteiger partial charge in [0.15, 0.2) is 0 Å². The molecule has 0 aliphatic heterocycles. The smallest absolute Gasteiger partial charge is 0.330 e. The van der Waals surface area contributed by atoms with E-state index in [1.165, 1.54) is 17.2 Å². The van der Waals surface area contributed by atoms with Crippen LogP contribution >= 0.6 is 24.0 Å². The number of aliphatic hydroxyl groups excluding tert-OH is 1. The fourth-order valence-corrected chi connectivity index (χ4v) is 3.72. The zero-order chi connectivity index (χ0) is 19.9. The van der Waals surface area contributed by atoms with Crippen LogP contribution in [0.3, 0.4) is 0 Å². The van der Waals surface area contributed by atoms with Crippen LogP contribution in [0, 0.1) is 0 Å². The molecule has 2 aromatic rings. The van der Waals surface area contributed by atoms with E-state index in [1.807, 2.05) is 18.2 Å². The molecule has 1 aliphatic carbocycles. The van der Waals surface area contributed by atoms with Crippen LogP contribution in [-0.4, -0.2) is 30.3 Å². The molecule has 0 amide bonds. The predicted molar refractivity (Wildman–Crippen MR) is 120 cm³/mol. The van der Waals surface area contributed by atoms with Crippen molar-refractivity contribution >= 4 is 36.1 Å². The molecule has 29 heavy (non-hydrogen) atoms. The summed E-state index contributed by atoms with van der Waals surface area (Å²) < 4.78 is 4.92. The highest BCUT2D eigenvalue weighted by molar-refractivity contribution is 6.30. The number of benzene rings is 2. The topological polar surface area (TPSA) is 58.6 Å². The second kappa shape index (κ2) is 11.4. The van der Waals surface area contributed by atoms with Gasteiger partial charge in [-0.25, -0.2) is 4.79 Å². The molecule has 0 aromatic heterocycles. The predicted octanol–water partition coefficient (Wildman–Crippen LogP) is 4.52. The van der Waals surface area contributed by atoms with Gasteiger partial charge in [0.2, 0.25) is 0 Å². The number of ether oxygens (including phenoxy) is 1. The van der Waals surface area contributed by atoms with Crippen LogP contribution < -0.4 is 5.32 Å². The standard InChI is InChI=1S/C23H26ClNO3.ClH/c1-2-28-23(27)11-7-16-6-8-17-9-10-21(14-19(17)12-16)25-15-22(26)18-4-3-5-20(24)13-18;/h3-8,11-13,21-22,25-26H,2,9-10,14-15H2,1H3;1H. The van der Waals surface area contributed by atoms with Gasteiger partial charge in [0.05, 0.1) is 12.7 Å². The van der Waals surface area contributed by atoms with Crippen LogP contribution in [0.2, 0.25) is 5.02 Å². The van der Waals surface area contributed by atoms with Gasteiger partial charge in [-0.3, -0.25) is 0 Å². The summed E-state index contributed by atoms with van der Waals surface area (Å²) in [4.78, 5) is 11.5. The molecule has 1 aliphatic rings. The first-order valence-electron chi connectivity index (χ1n) is 9.68. The molecule has 0 spiro atoms. The van der Waals surface area contributed by atoms with Gasteiger partial charge in [-0.05, 0) is 66.6 Å². The largest absolute Gasteiger partial charge is 0.463 e. The van der Waals surface area contributed by atoms with Gasteiger partial charge >= 0.3 is 5.97 Å². The molecule has 6 heteroatoms. The third-order valence-corrected chi connectivity index (χ3v) is 5.23. The van der Waals surface area contributed by atoms with Gasteiger partial charge in [0.25, 0.3) is 0 Å². The number of fused-ring (bicyclic) bond motifs is 1. The van der Waals surface area contributed by atoms with Crippen LogP contribution in [0.5, 0.6) is 0 Å². The van der Waals surface area contributed by atoms with E-state index in [0.717, 1.165) is 30.4 Å². The fourth-order valence-electron chi connectivity index (χ4n) is 3.52. The lowest BCUT2D eigenvalue weighted by molar-refractivity contribution is -0.137. The Morgan fingerprint density at radius 1 is 1.31 bits per heavy atom. The molecule has 156 valence electrons. The minimum atomic E-state index is -0.584. The third-order valence-electron chi connectivity index (χ3n) is 4.99. The average molecular weight is 436 g/mol. The van der Waals surface area contributed by atoms with E-state index < -0.39 is 6.10 Å². The number of hydrogen-bond donors (Lipinski definition) is 2. The van der Waals surface area contributed by atoms with Crippen molar-refractivity contribution in [2.75, 3.05) is 13.2 Å². The Bertz CT molecular complexity index is 854. The van der Waals surface area contributed by atoms with E-state index in [1.54, 1.807) is 25.1 Å². The zero-order valence-electron chi connectivity index (χ0n) is 16.4. The quantitative estimate of drug-likeness (QED) is 0.495. The molecular formula is C23H27Cl2NO3. The number of carbonyl (C=O) groups excluding carboxylic acids is 1. The minimum absolute atomic E-state index is 0. The summed E-state index contributed by atoms with van der Waals surface area (Å²) >= 11 is 6.01. The number of carbonyl (C=O) groups is 1. The molecule has 3 rings (SSSR count). The molecule has 0 fully saturated rings. The van der Waals surface area contributed by atoms with Crippen molar-refractivity contribution in [2.24, 2.45) is 0 Å². The molecule has 0 radical (unpaired) electrons. The second-order valence-corrected chi connectivity index (χ2v) is 7.47. The van der Waals surface area contributed by atoms with E-state index in [-0.39, 0.29) is 18.4 Å². The molecular weight excluding hydrogens is 409 g/mol. The highest BCUT2D eigenvalue weighted by Gasteiger charge is 2.19. The van der Waals surface area contributed by atoms with Crippen LogP contribution in [0.25, 0.3) is 6.08 Å². The van der Waals surface area contributed by atoms with E-state index in [4.69, 9.17) is 16.3 Å². The average Bonchev–Trinajstić information content (AvgIpc) is 2.70. The van der Waals surface area contributed by atoms with Gasteiger partial charge in [0.1, 0.15) is 0 Å². The Balaban J connectivity index is 0.00000300. The molecule has 0 heterocycles. The summed E-state index contributed by atoms with van der Waals surface area (Å²) in [7, 11) is 0. The van der Waals surface area contributed by atoms with Gasteiger partial charge in [0, 0.05) is 23.7 Å². The van der Waals surface area contributed by atoms with Crippen molar-refractivity contribution in [3.63, 3.8) is 0 Å². The number of esters is 1. The summed E-state index contributed by atoms with van der Waals surface area (Å²) in [6.07, 6.45) is 5.61. The minimum Gasteiger partial charge on any atom is -0.463 e. The fraction of sp³-hybridized carbons (Fsp3) is 0.348. The van der Waals surface area contributed by atoms with Crippen molar-refractivity contribution in [3.05, 3.63) is 75.8 Å². The highest BCUT2D eigenvalue weighted by atomic mass is 35.5. The summed E-state index contributed by atoms with van der Waals surface area (Å²) in [6.45, 7) is 2.66. The van der Waals surface area contributed by atoms with Crippen LogP contribution in [0.4, 0.5) is 0 Å². The maximum absolute atomic E-state index is 11.5. The summed E-state index contributed by atoms with van der Waals surface area (Å²) in [5, 5.41) is 14.5. The number of hydrogen-bond acceptors (Lipinski definition) is 4. The molecule has 2 aromatic carbocycles. The summed E-state index contributed by atoms with van der Waals surface area (Å²) in [5.74, 6) is -0.324. The Morgan fingerprint density at radius 2 is 2.14 bits per heavy atom. The van der Waals surface area contributed by atoms with Gasteiger partial charge < -0.3 is 15.2 Å². The van der Waals surface area contributed by atoms with Gasteiger partial charge in [-0.15, -0.1) is 12.4 Å². The van der Waals surface area contributed by atoms with Gasteiger partial charge in [-0.2, -0.15) is 0 Å². The zero-order valence-corrected chi connectivity index (χ0v) is 18.0. The maximum atomic E-state index is 11.5. The Hall–Kier alpha value is -1.85. The highest BCUT2D eigenvalue weighted by Crippen LogP contribution is 2.24. The molecule has 2 atom stereocenters. The molecule has 2 unspecified atom stereocenters. The Morgan fingerprint density at radius 3 is 2.90 bits per heavy atom. The van der Waals surface area contributed by atoms with Crippen LogP contribution in [0.1, 0.15) is 41.7 Å². The third kappa shape index (κ3) is 6.86. The normalized spacial score (nSPS) is 16.7. The van der Waals surface area contributed by atoms with Crippen molar-refractivity contribution in [3.8, 4) is 0 Å². The number of nitrogens with one attached hydrogen (secondary N) is 1. The van der Waals surface area contributed by atoms with E-state index in [2.05, 4.69) is 17.4 Å². The van der Waals surface area contributed by atoms with E-state index in [9.17, 15) is 9.90 Å². The van der Waals surface area contributed by atoms with Crippen molar-refractivity contribution in [1.29, 1.82) is 0 Å². The first kappa shape index (κ1) is 23.4. The van der Waals surface area contributed by atoms with Crippen LogP contribution in [-0.2, 0) is 22.4 Å². The second-order valence-electron chi connectivity index (χ2n) is 7.03. The van der Waals surface area contributed by atoms with Crippen LogP contribution in [0.15, 0.2) is 48.5 Å². The Kier molecular flexibility index (Phi) is 9.18. The molecule has 0 bridgehead atoms. The Labute approximate surface area is 183 Å². The van der Waals surface area contributed by atoms with Crippen molar-refractivity contribution < 1.29 is 14.6 Å². The van der Waals surface area contributed by atoms with Gasteiger partial charge in [-0.1, -0.05) is 41.9 Å². The first-order chi connectivity index (χ1) is 13.5. The molecule has 0 saturated carbocycles. The van der Waals surface area contributed by atoms with E-state index in [0.29, 0.717) is 24.2 Å². The number of rotatable bonds is 7. The van der Waals surface area contributed by atoms with Crippen molar-refractivity contribution in [1.82, 2.24) is 5.32 Å². The summed E-state index contributed by atoms with van der Waals surface area (Å²) in [6, 6.07) is 13.9. The SMILES string of the molecule is CCOC(=O)C=Cc1ccc2c(c1)CC(NCC(O)c1cccc(Cl)c1)CC2.Cl. The summed E-state index contributed by atoms with van der Waals surface area (Å²) in [5.41, 5.74) is 4.45.